The molecule has 0 aliphatic heterocycles. The lowest BCUT2D eigenvalue weighted by Crippen LogP contribution is -2.44. The third kappa shape index (κ3) is 5.58. The lowest BCUT2D eigenvalue weighted by atomic mass is 10.0. The zero-order valence-electron chi connectivity index (χ0n) is 17.3. The Hall–Kier alpha value is -2.84. The van der Waals surface area contributed by atoms with Crippen LogP contribution in [-0.2, 0) is 4.79 Å². The van der Waals surface area contributed by atoms with Gasteiger partial charge in [0.05, 0.1) is 11.6 Å². The molecule has 5 nitrogen and oxygen atoms in total. The summed E-state index contributed by atoms with van der Waals surface area (Å²) in [6.45, 7) is 6.40. The summed E-state index contributed by atoms with van der Waals surface area (Å²) in [4.78, 5) is 14.9. The SMILES string of the molecule is Cc1ccc(C(CNC(=O)C(Oc2ccccc2C#N)C(C)C)N(C)C)cc1. The molecule has 2 atom stereocenters. The summed E-state index contributed by atoms with van der Waals surface area (Å²) in [7, 11) is 3.99. The van der Waals surface area contributed by atoms with Crippen LogP contribution in [0.1, 0.15) is 36.6 Å². The van der Waals surface area contributed by atoms with E-state index in [4.69, 9.17) is 4.74 Å². The molecule has 2 aromatic rings. The van der Waals surface area contributed by atoms with E-state index in [1.165, 1.54) is 5.56 Å². The van der Waals surface area contributed by atoms with Crippen LogP contribution in [-0.4, -0.2) is 37.6 Å². The van der Waals surface area contributed by atoms with Crippen molar-refractivity contribution in [1.29, 1.82) is 5.26 Å². The molecule has 0 saturated carbocycles. The highest BCUT2D eigenvalue weighted by Crippen LogP contribution is 2.22. The highest BCUT2D eigenvalue weighted by atomic mass is 16.5. The fraction of sp³-hybridized carbons (Fsp3) is 0.391. The Bertz CT molecular complexity index is 822. The number of ether oxygens (including phenoxy) is 1. The van der Waals surface area contributed by atoms with Crippen molar-refractivity contribution in [3.63, 3.8) is 0 Å². The Morgan fingerprint density at radius 2 is 1.79 bits per heavy atom. The molecule has 0 aromatic heterocycles. The van der Waals surface area contributed by atoms with Crippen molar-refractivity contribution in [3.8, 4) is 11.8 Å². The summed E-state index contributed by atoms with van der Waals surface area (Å²) in [6.07, 6.45) is -0.671. The van der Waals surface area contributed by atoms with Crippen molar-refractivity contribution in [2.24, 2.45) is 5.92 Å². The molecule has 0 aliphatic rings. The summed E-state index contributed by atoms with van der Waals surface area (Å²) in [6, 6.07) is 17.5. The molecule has 2 rings (SSSR count). The van der Waals surface area contributed by atoms with Gasteiger partial charge in [-0.2, -0.15) is 5.26 Å². The fourth-order valence-corrected chi connectivity index (χ4v) is 2.98. The third-order valence-corrected chi connectivity index (χ3v) is 4.68. The maximum absolute atomic E-state index is 12.9. The number of nitrogens with one attached hydrogen (secondary N) is 1. The van der Waals surface area contributed by atoms with Gasteiger partial charge in [0.1, 0.15) is 11.8 Å². The third-order valence-electron chi connectivity index (χ3n) is 4.68. The molecule has 28 heavy (non-hydrogen) atoms. The van der Waals surface area contributed by atoms with E-state index in [2.05, 4.69) is 47.5 Å². The fourth-order valence-electron chi connectivity index (χ4n) is 2.98. The number of carbonyl (C=O) groups is 1. The topological polar surface area (TPSA) is 65.4 Å². The number of hydrogen-bond acceptors (Lipinski definition) is 4. The zero-order chi connectivity index (χ0) is 20.7. The van der Waals surface area contributed by atoms with Gasteiger partial charge in [-0.15, -0.1) is 0 Å². The molecule has 0 radical (unpaired) electrons. The highest BCUT2D eigenvalue weighted by Gasteiger charge is 2.26. The molecular formula is C23H29N3O2. The number of likely N-dealkylation sites (N-methyl/N-ethyl adjacent to an activating group) is 1. The number of nitrogens with zero attached hydrogens (tertiary/aromatic N) is 2. The molecule has 0 heterocycles. The summed E-state index contributed by atoms with van der Waals surface area (Å²) in [5.74, 6) is 0.215. The van der Waals surface area contributed by atoms with Crippen molar-refractivity contribution >= 4 is 5.91 Å². The van der Waals surface area contributed by atoms with Gasteiger partial charge in [0.15, 0.2) is 6.10 Å². The number of hydrogen-bond donors (Lipinski definition) is 1. The van der Waals surface area contributed by atoms with Gasteiger partial charge in [0.25, 0.3) is 5.91 Å². The van der Waals surface area contributed by atoms with E-state index in [0.29, 0.717) is 17.9 Å². The van der Waals surface area contributed by atoms with Crippen LogP contribution < -0.4 is 10.1 Å². The minimum Gasteiger partial charge on any atom is -0.479 e. The summed E-state index contributed by atoms with van der Waals surface area (Å²) in [5, 5.41) is 12.3. The Morgan fingerprint density at radius 1 is 1.14 bits per heavy atom. The highest BCUT2D eigenvalue weighted by molar-refractivity contribution is 5.81. The van der Waals surface area contributed by atoms with Crippen LogP contribution >= 0.6 is 0 Å². The molecule has 1 N–H and O–H groups in total. The Balaban J connectivity index is 2.10. The molecule has 0 spiro atoms. The normalized spacial score (nSPS) is 13.1. The predicted octanol–water partition coefficient (Wildman–Crippen LogP) is 3.69. The number of carbonyl (C=O) groups excluding carboxylic acids is 1. The van der Waals surface area contributed by atoms with Gasteiger partial charge in [-0.25, -0.2) is 0 Å². The van der Waals surface area contributed by atoms with Crippen molar-refractivity contribution in [2.75, 3.05) is 20.6 Å². The second kappa shape index (κ2) is 9.91. The number of para-hydroxylation sites is 1. The average molecular weight is 380 g/mol. The van der Waals surface area contributed by atoms with Gasteiger partial charge in [0.2, 0.25) is 0 Å². The van der Waals surface area contributed by atoms with Crippen LogP contribution in [0.5, 0.6) is 5.75 Å². The van der Waals surface area contributed by atoms with Crippen molar-refractivity contribution in [1.82, 2.24) is 10.2 Å². The number of nitriles is 1. The van der Waals surface area contributed by atoms with Gasteiger partial charge in [0, 0.05) is 6.54 Å². The molecular weight excluding hydrogens is 350 g/mol. The average Bonchev–Trinajstić information content (AvgIpc) is 2.67. The number of aryl methyl sites for hydroxylation is 1. The van der Waals surface area contributed by atoms with E-state index in [1.54, 1.807) is 24.3 Å². The quantitative estimate of drug-likeness (QED) is 0.760. The van der Waals surface area contributed by atoms with E-state index in [9.17, 15) is 10.1 Å². The first-order valence-electron chi connectivity index (χ1n) is 9.50. The summed E-state index contributed by atoms with van der Waals surface area (Å²) >= 11 is 0. The van der Waals surface area contributed by atoms with Crippen LogP contribution in [0.25, 0.3) is 0 Å². The first-order valence-corrected chi connectivity index (χ1v) is 9.50. The number of benzene rings is 2. The second-order valence-electron chi connectivity index (χ2n) is 7.53. The van der Waals surface area contributed by atoms with Gasteiger partial charge in [-0.05, 0) is 44.6 Å². The smallest absolute Gasteiger partial charge is 0.261 e. The number of rotatable bonds is 8. The van der Waals surface area contributed by atoms with E-state index >= 15 is 0 Å². The van der Waals surface area contributed by atoms with Crippen LogP contribution in [0, 0.1) is 24.2 Å². The summed E-state index contributed by atoms with van der Waals surface area (Å²) < 4.78 is 5.93. The van der Waals surface area contributed by atoms with Gasteiger partial charge < -0.3 is 15.0 Å². The van der Waals surface area contributed by atoms with Gasteiger partial charge in [-0.3, -0.25) is 4.79 Å². The summed E-state index contributed by atoms with van der Waals surface area (Å²) in [5.41, 5.74) is 2.77. The molecule has 2 aromatic carbocycles. The van der Waals surface area contributed by atoms with Crippen molar-refractivity contribution < 1.29 is 9.53 Å². The van der Waals surface area contributed by atoms with Crippen LogP contribution in [0.3, 0.4) is 0 Å². The molecule has 0 aliphatic carbocycles. The van der Waals surface area contributed by atoms with Crippen LogP contribution in [0.4, 0.5) is 0 Å². The van der Waals surface area contributed by atoms with Crippen molar-refractivity contribution in [3.05, 3.63) is 65.2 Å². The monoisotopic (exact) mass is 379 g/mol. The molecule has 5 heteroatoms. The minimum absolute atomic E-state index is 0.0380. The van der Waals surface area contributed by atoms with Crippen LogP contribution in [0.15, 0.2) is 48.5 Å². The molecule has 0 saturated heterocycles. The zero-order valence-corrected chi connectivity index (χ0v) is 17.3. The molecule has 0 fully saturated rings. The van der Waals surface area contributed by atoms with Gasteiger partial charge in [-0.1, -0.05) is 55.8 Å². The van der Waals surface area contributed by atoms with E-state index in [-0.39, 0.29) is 17.9 Å². The molecule has 2 unspecified atom stereocenters. The largest absolute Gasteiger partial charge is 0.479 e. The maximum atomic E-state index is 12.9. The molecule has 1 amide bonds. The second-order valence-corrected chi connectivity index (χ2v) is 7.53. The predicted molar refractivity (Wildman–Crippen MR) is 111 cm³/mol. The molecule has 0 bridgehead atoms. The van der Waals surface area contributed by atoms with Crippen LogP contribution in [0.2, 0.25) is 0 Å². The Morgan fingerprint density at radius 3 is 2.36 bits per heavy atom. The molecule has 148 valence electrons. The van der Waals surface area contributed by atoms with E-state index in [0.717, 1.165) is 5.56 Å². The van der Waals surface area contributed by atoms with E-state index < -0.39 is 6.10 Å². The number of amides is 1. The first-order chi connectivity index (χ1) is 13.3. The first kappa shape index (κ1) is 21.5. The standard InChI is InChI=1S/C23H29N3O2/c1-16(2)22(28-21-9-7-6-8-19(21)14-24)23(27)25-15-20(26(4)5)18-12-10-17(3)11-13-18/h6-13,16,20,22H,15H2,1-5H3,(H,25,27). The lowest BCUT2D eigenvalue weighted by Gasteiger charge is -2.27. The Kier molecular flexibility index (Phi) is 7.60. The maximum Gasteiger partial charge on any atom is 0.261 e. The minimum atomic E-state index is -0.671. The lowest BCUT2D eigenvalue weighted by molar-refractivity contribution is -0.130. The van der Waals surface area contributed by atoms with Gasteiger partial charge >= 0.3 is 0 Å². The van der Waals surface area contributed by atoms with Crippen molar-refractivity contribution in [2.45, 2.75) is 32.9 Å². The van der Waals surface area contributed by atoms with E-state index in [1.807, 2.05) is 27.9 Å². The Labute approximate surface area is 167 Å².